The third-order valence-electron chi connectivity index (χ3n) is 3.95. The summed E-state index contributed by atoms with van der Waals surface area (Å²) in [6, 6.07) is 21.8. The summed E-state index contributed by atoms with van der Waals surface area (Å²) in [5, 5.41) is 0. The van der Waals surface area contributed by atoms with Crippen LogP contribution in [0.3, 0.4) is 0 Å². The second-order valence-corrected chi connectivity index (χ2v) is 7.61. The molecule has 0 radical (unpaired) electrons. The monoisotopic (exact) mass is 332 g/mol. The SMILES string of the molecule is N[C@H](CC[C@H](Cc1ccccc1)N(P)P)Cc1ccccc1. The highest BCUT2D eigenvalue weighted by atomic mass is 31.1. The Balaban J connectivity index is 1.83. The molecule has 0 bridgehead atoms. The molecule has 0 saturated heterocycles. The van der Waals surface area contributed by atoms with Gasteiger partial charge in [0.05, 0.1) is 0 Å². The van der Waals surface area contributed by atoms with Crippen molar-refractivity contribution in [3.8, 4) is 0 Å². The minimum atomic E-state index is 0.218. The van der Waals surface area contributed by atoms with E-state index in [4.69, 9.17) is 5.73 Å². The van der Waals surface area contributed by atoms with E-state index in [1.165, 1.54) is 11.1 Å². The summed E-state index contributed by atoms with van der Waals surface area (Å²) in [6.07, 6.45) is 4.13. The predicted molar refractivity (Wildman–Crippen MR) is 103 cm³/mol. The Kier molecular flexibility index (Phi) is 7.49. The second kappa shape index (κ2) is 9.38. The molecule has 2 nitrogen and oxygen atoms in total. The van der Waals surface area contributed by atoms with E-state index in [2.05, 4.69) is 77.8 Å². The van der Waals surface area contributed by atoms with Gasteiger partial charge in [-0.3, -0.25) is 4.44 Å². The molecular formula is C18H26N2P2. The van der Waals surface area contributed by atoms with E-state index in [1.807, 2.05) is 6.07 Å². The first-order valence-corrected chi connectivity index (χ1v) is 8.80. The van der Waals surface area contributed by atoms with Gasteiger partial charge in [-0.1, -0.05) is 79.4 Å². The van der Waals surface area contributed by atoms with Crippen LogP contribution in [0.15, 0.2) is 60.7 Å². The first-order chi connectivity index (χ1) is 10.6. The molecule has 2 rings (SSSR count). The number of hydrogen-bond acceptors (Lipinski definition) is 2. The van der Waals surface area contributed by atoms with Crippen LogP contribution in [0.5, 0.6) is 0 Å². The van der Waals surface area contributed by atoms with Gasteiger partial charge in [-0.2, -0.15) is 0 Å². The summed E-state index contributed by atoms with van der Waals surface area (Å²) in [6.45, 7) is 0. The molecule has 118 valence electrons. The zero-order valence-electron chi connectivity index (χ0n) is 12.9. The van der Waals surface area contributed by atoms with E-state index in [1.54, 1.807) is 0 Å². The van der Waals surface area contributed by atoms with Crippen molar-refractivity contribution >= 4 is 18.8 Å². The third kappa shape index (κ3) is 6.15. The fraction of sp³-hybridized carbons (Fsp3) is 0.333. The van der Waals surface area contributed by atoms with Crippen molar-refractivity contribution in [3.63, 3.8) is 0 Å². The molecule has 0 saturated carbocycles. The zero-order chi connectivity index (χ0) is 15.8. The van der Waals surface area contributed by atoms with Crippen LogP contribution in [0.1, 0.15) is 24.0 Å². The predicted octanol–water partition coefficient (Wildman–Crippen LogP) is 3.83. The quantitative estimate of drug-likeness (QED) is 0.745. The number of hydrogen-bond donors (Lipinski definition) is 1. The van der Waals surface area contributed by atoms with Crippen LogP contribution in [0.2, 0.25) is 0 Å². The molecule has 0 aromatic heterocycles. The van der Waals surface area contributed by atoms with Gasteiger partial charge >= 0.3 is 0 Å². The second-order valence-electron chi connectivity index (χ2n) is 5.82. The smallest absolute Gasteiger partial charge is 0.0205 e. The third-order valence-corrected chi connectivity index (χ3v) is 4.79. The molecule has 2 N–H and O–H groups in total. The Labute approximate surface area is 139 Å². The van der Waals surface area contributed by atoms with E-state index in [0.29, 0.717) is 6.04 Å². The van der Waals surface area contributed by atoms with Crippen molar-refractivity contribution in [2.75, 3.05) is 0 Å². The van der Waals surface area contributed by atoms with Gasteiger partial charge in [-0.15, -0.1) is 0 Å². The van der Waals surface area contributed by atoms with Crippen LogP contribution in [0.4, 0.5) is 0 Å². The molecule has 0 aliphatic carbocycles. The summed E-state index contributed by atoms with van der Waals surface area (Å²) in [5.41, 5.74) is 9.01. The number of benzene rings is 2. The standard InChI is InChI=1S/C18H26N2P2/c19-17(13-15-7-3-1-4-8-15)11-12-18(20(21)22)14-16-9-5-2-6-10-16/h1-10,17-18H,11-14,19,21-22H2/t17-,18-/m1/s1. The van der Waals surface area contributed by atoms with Crippen LogP contribution in [-0.2, 0) is 12.8 Å². The lowest BCUT2D eigenvalue weighted by Crippen LogP contribution is -2.28. The lowest BCUT2D eigenvalue weighted by molar-refractivity contribution is 0.429. The first kappa shape index (κ1) is 17.6. The Morgan fingerprint density at radius 3 is 1.77 bits per heavy atom. The minimum Gasteiger partial charge on any atom is -0.327 e. The first-order valence-electron chi connectivity index (χ1n) is 7.77. The van der Waals surface area contributed by atoms with Crippen LogP contribution in [-0.4, -0.2) is 16.5 Å². The Morgan fingerprint density at radius 1 is 0.773 bits per heavy atom. The lowest BCUT2D eigenvalue weighted by atomic mass is 9.97. The van der Waals surface area contributed by atoms with Gasteiger partial charge < -0.3 is 5.73 Å². The average Bonchev–Trinajstić information content (AvgIpc) is 2.53. The van der Waals surface area contributed by atoms with E-state index in [-0.39, 0.29) is 6.04 Å². The summed E-state index contributed by atoms with van der Waals surface area (Å²) in [5.74, 6) is 0. The zero-order valence-corrected chi connectivity index (χ0v) is 15.2. The molecule has 4 atom stereocenters. The molecule has 0 aliphatic heterocycles. The van der Waals surface area contributed by atoms with Gasteiger partial charge in [0.2, 0.25) is 0 Å². The average molecular weight is 332 g/mol. The van der Waals surface area contributed by atoms with E-state index < -0.39 is 0 Å². The largest absolute Gasteiger partial charge is 0.327 e. The maximum absolute atomic E-state index is 6.32. The van der Waals surface area contributed by atoms with Crippen molar-refractivity contribution in [1.82, 2.24) is 4.44 Å². The topological polar surface area (TPSA) is 29.3 Å². The molecule has 0 fully saturated rings. The van der Waals surface area contributed by atoms with Crippen LogP contribution >= 0.6 is 18.8 Å². The summed E-state index contributed by atoms with van der Waals surface area (Å²) in [7, 11) is 5.54. The molecule has 22 heavy (non-hydrogen) atoms. The lowest BCUT2D eigenvalue weighted by Gasteiger charge is -2.25. The molecular weight excluding hydrogens is 306 g/mol. The van der Waals surface area contributed by atoms with E-state index in [9.17, 15) is 0 Å². The molecule has 2 aromatic carbocycles. The van der Waals surface area contributed by atoms with Crippen LogP contribution in [0.25, 0.3) is 0 Å². The van der Waals surface area contributed by atoms with Crippen LogP contribution in [0, 0.1) is 0 Å². The Bertz CT molecular complexity index is 531. The molecule has 2 aromatic rings. The Hall–Kier alpha value is -0.780. The van der Waals surface area contributed by atoms with Gasteiger partial charge in [-0.25, -0.2) is 0 Å². The molecule has 0 heterocycles. The van der Waals surface area contributed by atoms with Gasteiger partial charge in [0.1, 0.15) is 0 Å². The molecule has 0 aliphatic rings. The van der Waals surface area contributed by atoms with E-state index >= 15 is 0 Å². The summed E-state index contributed by atoms with van der Waals surface area (Å²) >= 11 is 0. The highest BCUT2D eigenvalue weighted by Gasteiger charge is 2.14. The maximum Gasteiger partial charge on any atom is 0.0205 e. The summed E-state index contributed by atoms with van der Waals surface area (Å²) in [4.78, 5) is 0. The fourth-order valence-corrected chi connectivity index (χ4v) is 3.18. The number of nitrogens with zero attached hydrogens (tertiary/aromatic N) is 1. The fourth-order valence-electron chi connectivity index (χ4n) is 2.67. The minimum absolute atomic E-state index is 0.218. The van der Waals surface area contributed by atoms with Gasteiger partial charge in [0.15, 0.2) is 0 Å². The highest BCUT2D eigenvalue weighted by Crippen LogP contribution is 2.22. The number of nitrogens with two attached hydrogens (primary N) is 1. The molecule has 0 spiro atoms. The number of rotatable bonds is 8. The molecule has 2 unspecified atom stereocenters. The van der Waals surface area contributed by atoms with Crippen LogP contribution < -0.4 is 5.73 Å². The molecule has 0 amide bonds. The Morgan fingerprint density at radius 2 is 1.27 bits per heavy atom. The van der Waals surface area contributed by atoms with Crippen molar-refractivity contribution in [2.45, 2.75) is 37.8 Å². The van der Waals surface area contributed by atoms with Gasteiger partial charge in [-0.05, 0) is 36.8 Å². The maximum atomic E-state index is 6.32. The van der Waals surface area contributed by atoms with Crippen molar-refractivity contribution < 1.29 is 0 Å². The van der Waals surface area contributed by atoms with Gasteiger partial charge in [0.25, 0.3) is 0 Å². The normalized spacial score (nSPS) is 14.0. The summed E-state index contributed by atoms with van der Waals surface area (Å²) < 4.78 is 2.15. The molecule has 4 heteroatoms. The van der Waals surface area contributed by atoms with Crippen molar-refractivity contribution in [2.24, 2.45) is 5.73 Å². The van der Waals surface area contributed by atoms with Crippen molar-refractivity contribution in [1.29, 1.82) is 0 Å². The van der Waals surface area contributed by atoms with Gasteiger partial charge in [0, 0.05) is 12.1 Å². The van der Waals surface area contributed by atoms with E-state index in [0.717, 1.165) is 25.7 Å². The van der Waals surface area contributed by atoms with Crippen molar-refractivity contribution in [3.05, 3.63) is 71.8 Å². The highest BCUT2D eigenvalue weighted by molar-refractivity contribution is 7.30.